The van der Waals surface area contributed by atoms with Crippen LogP contribution in [0.25, 0.3) is 0 Å². The zero-order valence-electron chi connectivity index (χ0n) is 30.8. The van der Waals surface area contributed by atoms with E-state index in [1.54, 1.807) is 6.07 Å². The van der Waals surface area contributed by atoms with Crippen LogP contribution in [0.1, 0.15) is 93.0 Å². The molecule has 3 heterocycles. The Labute approximate surface area is 317 Å². The molecule has 300 valence electrons. The highest BCUT2D eigenvalue weighted by molar-refractivity contribution is 6.33. The predicted octanol–water partition coefficient (Wildman–Crippen LogP) is 0.305. The summed E-state index contributed by atoms with van der Waals surface area (Å²) in [4.78, 5) is 42.5. The van der Waals surface area contributed by atoms with Gasteiger partial charge in [0.1, 0.15) is 24.1 Å². The first-order valence-corrected chi connectivity index (χ1v) is 19.7. The number of halogens is 1. The first kappa shape index (κ1) is 43.0. The number of hydrogen-bond donors (Lipinski definition) is 9. The molecule has 53 heavy (non-hydrogen) atoms. The molecule has 16 heteroatoms. The van der Waals surface area contributed by atoms with Crippen LogP contribution in [0, 0.1) is 0 Å². The summed E-state index contributed by atoms with van der Waals surface area (Å²) >= 11 is 6.28. The Balaban J connectivity index is 0.964. The molecule has 10 N–H and O–H groups in total. The minimum Gasteiger partial charge on any atom is -0.492 e. The molecule has 0 saturated carbocycles. The number of nitrogen functional groups attached to an aromatic ring is 1. The molecule has 3 aliphatic heterocycles. The number of amides is 3. The molecule has 2 fully saturated rings. The van der Waals surface area contributed by atoms with Crippen molar-refractivity contribution < 1.29 is 44.7 Å². The molecule has 15 nitrogen and oxygen atoms in total. The first-order valence-electron chi connectivity index (χ1n) is 19.3. The Hall–Kier alpha value is -2.76. The number of piperidine rings is 2. The summed E-state index contributed by atoms with van der Waals surface area (Å²) in [6.07, 6.45) is 4.01. The number of hydrogen-bond acceptors (Lipinski definition) is 12. The summed E-state index contributed by atoms with van der Waals surface area (Å²) in [6.45, 7) is 5.09. The topological polar surface area (TPSA) is 230 Å². The maximum atomic E-state index is 13.0. The second kappa shape index (κ2) is 22.0. The fourth-order valence-electron chi connectivity index (χ4n) is 7.29. The van der Waals surface area contributed by atoms with E-state index in [2.05, 4.69) is 25.8 Å². The second-order valence-electron chi connectivity index (χ2n) is 14.7. The van der Waals surface area contributed by atoms with Crippen LogP contribution in [0.15, 0.2) is 6.07 Å². The molecule has 0 aromatic heterocycles. The lowest BCUT2D eigenvalue weighted by atomic mass is 10.0. The highest BCUT2D eigenvalue weighted by Crippen LogP contribution is 2.38. The van der Waals surface area contributed by atoms with Crippen molar-refractivity contribution in [2.75, 3.05) is 64.8 Å². The fourth-order valence-corrected chi connectivity index (χ4v) is 7.51. The van der Waals surface area contributed by atoms with Crippen molar-refractivity contribution in [3.8, 4) is 5.75 Å². The summed E-state index contributed by atoms with van der Waals surface area (Å²) in [5, 5.41) is 56.9. The van der Waals surface area contributed by atoms with Crippen molar-refractivity contribution in [2.45, 2.75) is 120 Å². The SMILES string of the molecule is Nc1c(Cl)cc(C(=O)NC2CCN(CCCCCC(=O)NC3CCN(CCCCCC(=O)NC[C@H](O)[C@@H](O)[C@H](O)[C@H](O)CO)CC3)CC2)c2c1CCO2. The number of nitrogens with zero attached hydrogens (tertiary/aromatic N) is 2. The largest absolute Gasteiger partial charge is 0.492 e. The van der Waals surface area contributed by atoms with Crippen molar-refractivity contribution in [3.63, 3.8) is 0 Å². The van der Waals surface area contributed by atoms with E-state index in [4.69, 9.17) is 27.2 Å². The minimum atomic E-state index is -1.72. The maximum Gasteiger partial charge on any atom is 0.255 e. The summed E-state index contributed by atoms with van der Waals surface area (Å²) in [5.41, 5.74) is 7.84. The first-order chi connectivity index (χ1) is 25.5. The van der Waals surface area contributed by atoms with Crippen LogP contribution in [-0.2, 0) is 16.0 Å². The van der Waals surface area contributed by atoms with E-state index in [-0.39, 0.29) is 42.8 Å². The number of nitrogens with one attached hydrogen (secondary N) is 3. The summed E-state index contributed by atoms with van der Waals surface area (Å²) in [6, 6.07) is 1.91. The molecule has 0 bridgehead atoms. The number of fused-ring (bicyclic) bond motifs is 1. The van der Waals surface area contributed by atoms with Gasteiger partial charge in [-0.1, -0.05) is 24.4 Å². The van der Waals surface area contributed by atoms with Crippen LogP contribution in [0.3, 0.4) is 0 Å². The number of ether oxygens (including phenoxy) is 1. The number of carbonyl (C=O) groups excluding carboxylic acids is 3. The number of likely N-dealkylation sites (tertiary alicyclic amines) is 2. The molecule has 0 radical (unpaired) electrons. The standard InChI is InChI=1S/C37H61ClN6O9/c38-28-21-27(36-26(33(28)39)13-20-53-36)37(52)42-25-11-18-44(19-12-25)15-6-2-4-8-32(49)41-24-9-16-43(17-10-24)14-5-1-3-7-31(48)40-22-29(46)34(50)35(51)30(47)23-45/h21,24-25,29-30,34-35,45-47,50-51H,1-20,22-23,39H2,(H,40,48)(H,41,49)(H,42,52)/t29-,30+,34+,35+/m0/s1. The number of nitrogens with two attached hydrogens (primary N) is 1. The molecule has 1 aromatic carbocycles. The predicted molar refractivity (Wildman–Crippen MR) is 201 cm³/mol. The van der Waals surface area contributed by atoms with Crippen LogP contribution in [-0.4, -0.2) is 149 Å². The van der Waals surface area contributed by atoms with Crippen LogP contribution in [0.5, 0.6) is 5.75 Å². The van der Waals surface area contributed by atoms with Gasteiger partial charge in [-0.3, -0.25) is 14.4 Å². The van der Waals surface area contributed by atoms with E-state index in [0.717, 1.165) is 103 Å². The molecular weight excluding hydrogens is 708 g/mol. The van der Waals surface area contributed by atoms with Gasteiger partial charge < -0.3 is 61.8 Å². The fraction of sp³-hybridized carbons (Fsp3) is 0.757. The molecule has 1 aromatic rings. The zero-order valence-corrected chi connectivity index (χ0v) is 31.6. The summed E-state index contributed by atoms with van der Waals surface area (Å²) in [7, 11) is 0. The van der Waals surface area contributed by atoms with E-state index >= 15 is 0 Å². The highest BCUT2D eigenvalue weighted by Gasteiger charge is 2.31. The van der Waals surface area contributed by atoms with Crippen molar-refractivity contribution in [1.82, 2.24) is 25.8 Å². The zero-order chi connectivity index (χ0) is 38.3. The Kier molecular flexibility index (Phi) is 17.8. The molecular formula is C37H61ClN6O9. The van der Waals surface area contributed by atoms with Gasteiger partial charge in [0.15, 0.2) is 0 Å². The molecule has 0 aliphatic carbocycles. The highest BCUT2D eigenvalue weighted by atomic mass is 35.5. The van der Waals surface area contributed by atoms with Crippen molar-refractivity contribution >= 4 is 35.0 Å². The summed E-state index contributed by atoms with van der Waals surface area (Å²) < 4.78 is 5.70. The number of unbranched alkanes of at least 4 members (excludes halogenated alkanes) is 4. The molecule has 0 unspecified atom stereocenters. The quantitative estimate of drug-likeness (QED) is 0.0608. The third-order valence-electron chi connectivity index (χ3n) is 10.7. The Morgan fingerprint density at radius 1 is 0.811 bits per heavy atom. The van der Waals surface area contributed by atoms with Crippen LogP contribution >= 0.6 is 11.6 Å². The van der Waals surface area contributed by atoms with Gasteiger partial charge in [-0.15, -0.1) is 0 Å². The van der Waals surface area contributed by atoms with E-state index in [1.165, 1.54) is 0 Å². The van der Waals surface area contributed by atoms with E-state index < -0.39 is 31.0 Å². The van der Waals surface area contributed by atoms with E-state index in [9.17, 15) is 34.8 Å². The maximum absolute atomic E-state index is 13.0. The third kappa shape index (κ3) is 13.5. The number of benzene rings is 1. The van der Waals surface area contributed by atoms with Gasteiger partial charge >= 0.3 is 0 Å². The molecule has 2 saturated heterocycles. The molecule has 0 spiro atoms. The van der Waals surface area contributed by atoms with E-state index in [1.807, 2.05) is 0 Å². The lowest BCUT2D eigenvalue weighted by molar-refractivity contribution is -0.126. The lowest BCUT2D eigenvalue weighted by Gasteiger charge is -2.32. The van der Waals surface area contributed by atoms with Gasteiger partial charge in [0.25, 0.3) is 5.91 Å². The van der Waals surface area contributed by atoms with Gasteiger partial charge in [-0.25, -0.2) is 0 Å². The average molecular weight is 769 g/mol. The normalized spacial score (nSPS) is 19.5. The van der Waals surface area contributed by atoms with Crippen LogP contribution < -0.4 is 26.4 Å². The minimum absolute atomic E-state index is 0.101. The number of carbonyl (C=O) groups is 3. The Morgan fingerprint density at radius 2 is 1.36 bits per heavy atom. The number of aliphatic hydroxyl groups is 5. The van der Waals surface area contributed by atoms with Crippen LogP contribution in [0.4, 0.5) is 5.69 Å². The summed E-state index contributed by atoms with van der Waals surface area (Å²) in [5.74, 6) is 0.240. The van der Waals surface area contributed by atoms with Crippen LogP contribution in [0.2, 0.25) is 5.02 Å². The molecule has 4 rings (SSSR count). The molecule has 4 atom stereocenters. The monoisotopic (exact) mass is 768 g/mol. The third-order valence-corrected chi connectivity index (χ3v) is 11.0. The van der Waals surface area contributed by atoms with E-state index in [0.29, 0.717) is 47.9 Å². The van der Waals surface area contributed by atoms with Gasteiger partial charge in [0, 0.05) is 69.6 Å². The smallest absolute Gasteiger partial charge is 0.255 e. The second-order valence-corrected chi connectivity index (χ2v) is 15.1. The van der Waals surface area contributed by atoms with Gasteiger partial charge in [-0.05, 0) is 70.5 Å². The molecule has 3 aliphatic rings. The number of anilines is 1. The lowest BCUT2D eigenvalue weighted by Crippen LogP contribution is -2.49. The van der Waals surface area contributed by atoms with Crippen molar-refractivity contribution in [3.05, 3.63) is 22.2 Å². The Morgan fingerprint density at radius 3 is 1.94 bits per heavy atom. The van der Waals surface area contributed by atoms with Crippen molar-refractivity contribution in [1.29, 1.82) is 0 Å². The number of aliphatic hydroxyl groups excluding tert-OH is 5. The number of rotatable bonds is 21. The van der Waals surface area contributed by atoms with Gasteiger partial charge in [0.05, 0.1) is 35.6 Å². The van der Waals surface area contributed by atoms with Crippen molar-refractivity contribution in [2.24, 2.45) is 0 Å². The Bertz CT molecular complexity index is 1330. The van der Waals surface area contributed by atoms with Gasteiger partial charge in [0.2, 0.25) is 11.8 Å². The molecule has 3 amide bonds. The average Bonchev–Trinajstić information content (AvgIpc) is 3.66. The van der Waals surface area contributed by atoms with Gasteiger partial charge in [-0.2, -0.15) is 0 Å².